The van der Waals surface area contributed by atoms with Gasteiger partial charge >= 0.3 is 6.18 Å². The normalized spacial score (nSPS) is 11.6. The molecule has 3 rings (SSSR count). The lowest BCUT2D eigenvalue weighted by atomic mass is 10.1. The Labute approximate surface area is 156 Å². The van der Waals surface area contributed by atoms with Crippen LogP contribution >= 0.6 is 11.6 Å². The third kappa shape index (κ3) is 3.95. The second kappa shape index (κ2) is 7.03. The highest BCUT2D eigenvalue weighted by atomic mass is 35.5. The molecule has 1 aromatic heterocycles. The van der Waals surface area contributed by atoms with Crippen LogP contribution in [0.15, 0.2) is 47.3 Å². The SMILES string of the molecule is Cn1nc(CC(=O)Nc2cc(C(F)(F)F)ccc2Cl)c2ccccc2c1=O. The van der Waals surface area contributed by atoms with Crippen LogP contribution in [0.4, 0.5) is 18.9 Å². The number of rotatable bonds is 3. The van der Waals surface area contributed by atoms with E-state index in [0.717, 1.165) is 22.9 Å². The van der Waals surface area contributed by atoms with Gasteiger partial charge in [0.2, 0.25) is 5.91 Å². The van der Waals surface area contributed by atoms with E-state index in [4.69, 9.17) is 11.6 Å². The van der Waals surface area contributed by atoms with Gasteiger partial charge in [-0.1, -0.05) is 29.8 Å². The topological polar surface area (TPSA) is 64.0 Å². The molecule has 0 unspecified atom stereocenters. The van der Waals surface area contributed by atoms with Crippen LogP contribution in [-0.2, 0) is 24.4 Å². The molecule has 0 atom stereocenters. The van der Waals surface area contributed by atoms with E-state index in [-0.39, 0.29) is 22.7 Å². The number of carbonyl (C=O) groups excluding carboxylic acids is 1. The van der Waals surface area contributed by atoms with Crippen molar-refractivity contribution in [2.24, 2.45) is 7.05 Å². The summed E-state index contributed by atoms with van der Waals surface area (Å²) in [4.78, 5) is 24.5. The van der Waals surface area contributed by atoms with E-state index in [2.05, 4.69) is 10.4 Å². The number of carbonyl (C=O) groups is 1. The number of nitrogens with one attached hydrogen (secondary N) is 1. The maximum atomic E-state index is 12.8. The second-order valence-corrected chi connectivity index (χ2v) is 6.25. The van der Waals surface area contributed by atoms with Crippen LogP contribution in [0, 0.1) is 0 Å². The predicted octanol–water partition coefficient (Wildman–Crippen LogP) is 3.79. The van der Waals surface area contributed by atoms with Crippen LogP contribution in [0.1, 0.15) is 11.3 Å². The number of amides is 1. The Bertz CT molecular complexity index is 1090. The van der Waals surface area contributed by atoms with Gasteiger partial charge in [0.15, 0.2) is 0 Å². The van der Waals surface area contributed by atoms with Crippen molar-refractivity contribution < 1.29 is 18.0 Å². The van der Waals surface area contributed by atoms with Crippen LogP contribution in [0.5, 0.6) is 0 Å². The minimum absolute atomic E-state index is 0.0189. The number of anilines is 1. The summed E-state index contributed by atoms with van der Waals surface area (Å²) in [6.45, 7) is 0. The number of fused-ring (bicyclic) bond motifs is 1. The summed E-state index contributed by atoms with van der Waals surface area (Å²) in [5.41, 5.74) is -1.05. The molecular weight excluding hydrogens is 383 g/mol. The van der Waals surface area contributed by atoms with Crippen molar-refractivity contribution in [2.45, 2.75) is 12.6 Å². The lowest BCUT2D eigenvalue weighted by Gasteiger charge is -2.12. The van der Waals surface area contributed by atoms with Crippen molar-refractivity contribution in [1.29, 1.82) is 0 Å². The quantitative estimate of drug-likeness (QED) is 0.734. The molecule has 2 aromatic carbocycles. The Morgan fingerprint density at radius 2 is 1.85 bits per heavy atom. The number of hydrogen-bond acceptors (Lipinski definition) is 3. The lowest BCUT2D eigenvalue weighted by Crippen LogP contribution is -2.24. The molecule has 0 fully saturated rings. The molecule has 0 radical (unpaired) electrons. The molecule has 1 heterocycles. The van der Waals surface area contributed by atoms with Crippen LogP contribution < -0.4 is 10.9 Å². The van der Waals surface area contributed by atoms with Gasteiger partial charge in [0.1, 0.15) is 0 Å². The summed E-state index contributed by atoms with van der Waals surface area (Å²) in [6, 6.07) is 9.34. The van der Waals surface area contributed by atoms with Crippen molar-refractivity contribution in [3.63, 3.8) is 0 Å². The summed E-state index contributed by atoms with van der Waals surface area (Å²) in [5, 5.41) is 7.35. The monoisotopic (exact) mass is 395 g/mol. The zero-order valence-electron chi connectivity index (χ0n) is 14.0. The third-order valence-electron chi connectivity index (χ3n) is 3.93. The molecule has 0 aliphatic heterocycles. The van der Waals surface area contributed by atoms with E-state index < -0.39 is 17.6 Å². The predicted molar refractivity (Wildman–Crippen MR) is 95.8 cm³/mol. The Morgan fingerprint density at radius 1 is 1.19 bits per heavy atom. The molecule has 3 aromatic rings. The Morgan fingerprint density at radius 3 is 2.52 bits per heavy atom. The zero-order chi connectivity index (χ0) is 19.8. The van der Waals surface area contributed by atoms with E-state index in [1.54, 1.807) is 24.3 Å². The zero-order valence-corrected chi connectivity index (χ0v) is 14.7. The molecule has 0 spiro atoms. The van der Waals surface area contributed by atoms with Crippen LogP contribution in [-0.4, -0.2) is 15.7 Å². The minimum atomic E-state index is -4.56. The van der Waals surface area contributed by atoms with E-state index >= 15 is 0 Å². The number of aryl methyl sites for hydroxylation is 1. The Kier molecular flexibility index (Phi) is 4.93. The highest BCUT2D eigenvalue weighted by Crippen LogP contribution is 2.33. The molecule has 1 N–H and O–H groups in total. The first kappa shape index (κ1) is 18.9. The van der Waals surface area contributed by atoms with Gasteiger partial charge in [-0.25, -0.2) is 4.68 Å². The number of benzene rings is 2. The molecule has 0 aliphatic rings. The molecule has 0 saturated heterocycles. The molecule has 27 heavy (non-hydrogen) atoms. The fourth-order valence-corrected chi connectivity index (χ4v) is 2.82. The van der Waals surface area contributed by atoms with Gasteiger partial charge in [-0.15, -0.1) is 0 Å². The third-order valence-corrected chi connectivity index (χ3v) is 4.26. The molecule has 1 amide bonds. The largest absolute Gasteiger partial charge is 0.416 e. The van der Waals surface area contributed by atoms with Crippen LogP contribution in [0.25, 0.3) is 10.8 Å². The highest BCUT2D eigenvalue weighted by Gasteiger charge is 2.31. The first-order valence-corrected chi connectivity index (χ1v) is 8.16. The van der Waals surface area contributed by atoms with Gasteiger partial charge in [-0.3, -0.25) is 9.59 Å². The van der Waals surface area contributed by atoms with Crippen molar-refractivity contribution in [1.82, 2.24) is 9.78 Å². The molecule has 0 saturated carbocycles. The fraction of sp³-hybridized carbons (Fsp3) is 0.167. The van der Waals surface area contributed by atoms with Gasteiger partial charge in [-0.05, 0) is 24.3 Å². The van der Waals surface area contributed by atoms with E-state index in [9.17, 15) is 22.8 Å². The molecule has 5 nitrogen and oxygen atoms in total. The first-order valence-electron chi connectivity index (χ1n) is 7.78. The summed E-state index contributed by atoms with van der Waals surface area (Å²) >= 11 is 5.89. The maximum absolute atomic E-state index is 12.8. The van der Waals surface area contributed by atoms with Crippen molar-refractivity contribution in [3.8, 4) is 0 Å². The number of halogens is 4. The molecule has 140 valence electrons. The van der Waals surface area contributed by atoms with Crippen LogP contribution in [0.2, 0.25) is 5.02 Å². The smallest absolute Gasteiger partial charge is 0.324 e. The molecule has 0 bridgehead atoms. The summed E-state index contributed by atoms with van der Waals surface area (Å²) < 4.78 is 39.6. The number of hydrogen-bond donors (Lipinski definition) is 1. The van der Waals surface area contributed by atoms with Gasteiger partial charge in [0, 0.05) is 12.4 Å². The van der Waals surface area contributed by atoms with E-state index in [1.807, 2.05) is 0 Å². The number of nitrogens with zero attached hydrogens (tertiary/aromatic N) is 2. The fourth-order valence-electron chi connectivity index (χ4n) is 2.65. The molecule has 0 aliphatic carbocycles. The van der Waals surface area contributed by atoms with Gasteiger partial charge in [-0.2, -0.15) is 18.3 Å². The average Bonchev–Trinajstić information content (AvgIpc) is 2.60. The van der Waals surface area contributed by atoms with E-state index in [1.165, 1.54) is 7.05 Å². The minimum Gasteiger partial charge on any atom is -0.324 e. The van der Waals surface area contributed by atoms with Gasteiger partial charge in [0.05, 0.1) is 33.8 Å². The second-order valence-electron chi connectivity index (χ2n) is 5.84. The van der Waals surface area contributed by atoms with Crippen LogP contribution in [0.3, 0.4) is 0 Å². The van der Waals surface area contributed by atoms with Gasteiger partial charge < -0.3 is 5.32 Å². The average molecular weight is 396 g/mol. The molecule has 9 heteroatoms. The summed E-state index contributed by atoms with van der Waals surface area (Å²) in [5.74, 6) is -0.604. The number of alkyl halides is 3. The summed E-state index contributed by atoms with van der Waals surface area (Å²) in [7, 11) is 1.46. The van der Waals surface area contributed by atoms with Crippen molar-refractivity contribution in [2.75, 3.05) is 5.32 Å². The number of aromatic nitrogens is 2. The Balaban J connectivity index is 1.91. The van der Waals surface area contributed by atoms with E-state index in [0.29, 0.717) is 16.5 Å². The van der Waals surface area contributed by atoms with Gasteiger partial charge in [0.25, 0.3) is 5.56 Å². The van der Waals surface area contributed by atoms with Crippen molar-refractivity contribution >= 4 is 34.0 Å². The molecular formula is C18H13ClF3N3O2. The highest BCUT2D eigenvalue weighted by molar-refractivity contribution is 6.33. The van der Waals surface area contributed by atoms with Crippen molar-refractivity contribution in [3.05, 3.63) is 69.1 Å². The first-order chi connectivity index (χ1) is 12.7. The lowest BCUT2D eigenvalue weighted by molar-refractivity contribution is -0.137. The summed E-state index contributed by atoms with van der Waals surface area (Å²) in [6.07, 6.45) is -4.79. The standard InChI is InChI=1S/C18H13ClF3N3O2/c1-25-17(27)12-5-3-2-4-11(12)14(24-25)9-16(26)23-15-8-10(18(20,21)22)6-7-13(15)19/h2-8H,9H2,1H3,(H,23,26). The Hall–Kier alpha value is -2.87. The maximum Gasteiger partial charge on any atom is 0.416 e.